The monoisotopic (exact) mass is 467 g/mol. The average molecular weight is 467 g/mol. The van der Waals surface area contributed by atoms with Crippen LogP contribution in [-0.4, -0.2) is 46.9 Å². The van der Waals surface area contributed by atoms with Gasteiger partial charge in [0.05, 0.1) is 0 Å². The van der Waals surface area contributed by atoms with Crippen LogP contribution in [0.1, 0.15) is 26.2 Å². The zero-order valence-electron chi connectivity index (χ0n) is 14.4. The first-order valence-corrected chi connectivity index (χ1v) is 8.96. The third-order valence-corrected chi connectivity index (χ3v) is 4.25. The van der Waals surface area contributed by atoms with Gasteiger partial charge in [0.15, 0.2) is 0 Å². The molecule has 0 aliphatic carbocycles. The van der Waals surface area contributed by atoms with Crippen molar-refractivity contribution in [1.82, 2.24) is 4.98 Å². The molecule has 0 spiro atoms. The lowest BCUT2D eigenvalue weighted by Crippen LogP contribution is -2.68. The fraction of sp³-hybridized carbons (Fsp3) is 0.643. The van der Waals surface area contributed by atoms with Crippen LogP contribution >= 0.6 is 0 Å². The van der Waals surface area contributed by atoms with E-state index in [9.17, 15) is 52.3 Å². The Morgan fingerprint density at radius 3 is 1.52 bits per heavy atom. The second-order valence-corrected chi connectivity index (χ2v) is 7.01. The van der Waals surface area contributed by atoms with Gasteiger partial charge in [-0.05, 0) is 18.6 Å². The van der Waals surface area contributed by atoms with Crippen molar-refractivity contribution in [2.45, 2.75) is 55.1 Å². The van der Waals surface area contributed by atoms with Gasteiger partial charge in [0.2, 0.25) is 0 Å². The van der Waals surface area contributed by atoms with E-state index in [1.54, 1.807) is 12.4 Å². The highest BCUT2D eigenvalue weighted by atomic mass is 32.2. The van der Waals surface area contributed by atoms with E-state index in [2.05, 4.69) is 4.98 Å². The Balaban J connectivity index is 0.00000110. The maximum absolute atomic E-state index is 13.1. The van der Waals surface area contributed by atoms with E-state index < -0.39 is 51.9 Å². The Labute approximate surface area is 158 Å². The van der Waals surface area contributed by atoms with Crippen molar-refractivity contribution < 1.29 is 56.9 Å². The number of rotatable bonds is 8. The summed E-state index contributed by atoms with van der Waals surface area (Å²) in [6.45, 7) is 1.16. The zero-order valence-corrected chi connectivity index (χ0v) is 15.2. The summed E-state index contributed by atoms with van der Waals surface area (Å²) in [6.07, 6.45) is 0.382. The first kappa shape index (κ1) is 27.4. The second kappa shape index (κ2) is 9.02. The van der Waals surface area contributed by atoms with Crippen LogP contribution in [0.25, 0.3) is 0 Å². The Bertz CT molecular complexity index is 715. The van der Waals surface area contributed by atoms with Crippen LogP contribution in [0.4, 0.5) is 43.9 Å². The highest BCUT2D eigenvalue weighted by molar-refractivity contribution is 7.87. The predicted molar refractivity (Wildman–Crippen MR) is 80.0 cm³/mol. The summed E-state index contributed by atoms with van der Waals surface area (Å²) in [5.41, 5.74) is 0. The van der Waals surface area contributed by atoms with Crippen molar-refractivity contribution in [3.05, 3.63) is 30.6 Å². The maximum atomic E-state index is 13.1. The highest BCUT2D eigenvalue weighted by Crippen LogP contribution is 2.58. The Hall–Kier alpha value is -1.64. The summed E-state index contributed by atoms with van der Waals surface area (Å²) < 4.78 is 158. The Morgan fingerprint density at radius 2 is 1.24 bits per heavy atom. The van der Waals surface area contributed by atoms with Crippen LogP contribution in [0.5, 0.6) is 0 Å². The van der Waals surface area contributed by atoms with Gasteiger partial charge in [-0.2, -0.15) is 52.3 Å². The van der Waals surface area contributed by atoms with Gasteiger partial charge in [-0.3, -0.25) is 9.54 Å². The van der Waals surface area contributed by atoms with E-state index in [0.717, 1.165) is 6.92 Å². The van der Waals surface area contributed by atoms with Crippen LogP contribution in [0, 0.1) is 0 Å². The normalized spacial score (nSPS) is 14.2. The van der Waals surface area contributed by atoms with E-state index >= 15 is 0 Å². The zero-order chi connectivity index (χ0) is 23.4. The molecule has 0 bridgehead atoms. The summed E-state index contributed by atoms with van der Waals surface area (Å²) in [5.74, 6) is -27.9. The molecule has 29 heavy (non-hydrogen) atoms. The fourth-order valence-electron chi connectivity index (χ4n) is 1.64. The van der Waals surface area contributed by atoms with Crippen molar-refractivity contribution in [3.63, 3.8) is 0 Å². The summed E-state index contributed by atoms with van der Waals surface area (Å²) in [5, 5.41) is -7.13. The summed E-state index contributed by atoms with van der Waals surface area (Å²) in [6, 6.07) is 5.72. The minimum atomic E-state index is -7.52. The van der Waals surface area contributed by atoms with Crippen LogP contribution in [0.3, 0.4) is 0 Å². The molecule has 1 heterocycles. The standard InChI is InChI=1S/C9H10F10O3S.C5H5N/c1-2-3-4-5(10,11)6(12,13)7(14,15)8(16,17)9(18,19)23(20,21)22;1-2-4-6-5-3-1/h2-4H2,1H3,(H,20,21,22);1-5H. The van der Waals surface area contributed by atoms with E-state index in [1.807, 2.05) is 18.2 Å². The lowest BCUT2D eigenvalue weighted by Gasteiger charge is -2.38. The molecule has 0 saturated carbocycles. The number of halogens is 10. The van der Waals surface area contributed by atoms with E-state index in [4.69, 9.17) is 4.55 Å². The first-order valence-electron chi connectivity index (χ1n) is 7.52. The van der Waals surface area contributed by atoms with Crippen molar-refractivity contribution in [2.75, 3.05) is 0 Å². The number of hydrogen-bond donors (Lipinski definition) is 1. The van der Waals surface area contributed by atoms with Gasteiger partial charge in [-0.15, -0.1) is 0 Å². The number of nitrogens with zero attached hydrogens (tertiary/aromatic N) is 1. The average Bonchev–Trinajstić information content (AvgIpc) is 2.60. The molecular formula is C14H15F10NO3S. The van der Waals surface area contributed by atoms with E-state index in [-0.39, 0.29) is 6.42 Å². The summed E-state index contributed by atoms with van der Waals surface area (Å²) in [4.78, 5) is 3.78. The molecular weight excluding hydrogens is 452 g/mol. The molecule has 0 unspecified atom stereocenters. The van der Waals surface area contributed by atoms with Crippen molar-refractivity contribution in [3.8, 4) is 0 Å². The number of hydrogen-bond acceptors (Lipinski definition) is 3. The summed E-state index contributed by atoms with van der Waals surface area (Å²) in [7, 11) is -7.31. The van der Waals surface area contributed by atoms with Gasteiger partial charge >= 0.3 is 39.1 Å². The number of alkyl halides is 10. The smallest absolute Gasteiger partial charge is 0.281 e. The Morgan fingerprint density at radius 1 is 0.793 bits per heavy atom. The second-order valence-electron chi connectivity index (χ2n) is 5.55. The highest BCUT2D eigenvalue weighted by Gasteiger charge is 2.88. The molecule has 1 aromatic heterocycles. The number of aromatic nitrogens is 1. The van der Waals surface area contributed by atoms with Crippen LogP contribution in [-0.2, 0) is 10.1 Å². The molecule has 170 valence electrons. The van der Waals surface area contributed by atoms with E-state index in [0.29, 0.717) is 0 Å². The first-order chi connectivity index (χ1) is 12.8. The van der Waals surface area contributed by atoms with Crippen LogP contribution in [0.15, 0.2) is 30.6 Å². The topological polar surface area (TPSA) is 67.3 Å². The van der Waals surface area contributed by atoms with Crippen LogP contribution < -0.4 is 0 Å². The lowest BCUT2D eigenvalue weighted by atomic mass is 9.95. The fourth-order valence-corrected chi connectivity index (χ4v) is 2.09. The number of pyridine rings is 1. The van der Waals surface area contributed by atoms with Gasteiger partial charge in [0.25, 0.3) is 0 Å². The largest absolute Gasteiger partial charge is 0.438 e. The van der Waals surface area contributed by atoms with Crippen molar-refractivity contribution in [2.24, 2.45) is 0 Å². The molecule has 0 atom stereocenters. The van der Waals surface area contributed by atoms with Gasteiger partial charge in [0, 0.05) is 18.8 Å². The van der Waals surface area contributed by atoms with Gasteiger partial charge in [-0.1, -0.05) is 19.4 Å². The quantitative estimate of drug-likeness (QED) is 0.417. The molecule has 0 saturated heterocycles. The summed E-state index contributed by atoms with van der Waals surface area (Å²) >= 11 is 0. The van der Waals surface area contributed by atoms with Gasteiger partial charge in [0.1, 0.15) is 0 Å². The molecule has 1 N–H and O–H groups in total. The molecule has 15 heteroatoms. The van der Waals surface area contributed by atoms with E-state index in [1.165, 1.54) is 0 Å². The molecule has 1 aromatic rings. The van der Waals surface area contributed by atoms with Crippen LogP contribution in [0.2, 0.25) is 0 Å². The van der Waals surface area contributed by atoms with Gasteiger partial charge in [-0.25, -0.2) is 0 Å². The molecule has 0 aliphatic rings. The Kier molecular flexibility index (Phi) is 8.51. The third kappa shape index (κ3) is 5.29. The molecule has 0 radical (unpaired) electrons. The molecule has 0 fully saturated rings. The molecule has 1 rings (SSSR count). The molecule has 0 aromatic carbocycles. The molecule has 0 aliphatic heterocycles. The maximum Gasteiger partial charge on any atom is 0.438 e. The lowest BCUT2D eigenvalue weighted by molar-refractivity contribution is -0.390. The minimum Gasteiger partial charge on any atom is -0.281 e. The third-order valence-electron chi connectivity index (χ3n) is 3.35. The van der Waals surface area contributed by atoms with Gasteiger partial charge < -0.3 is 0 Å². The minimum absolute atomic E-state index is 0.241. The van der Waals surface area contributed by atoms with Crippen molar-refractivity contribution in [1.29, 1.82) is 0 Å². The SMILES string of the molecule is CCCCC(F)(F)C(F)(F)C(F)(F)C(F)(F)C(F)(F)S(=O)(=O)O.c1ccncc1. The molecule has 4 nitrogen and oxygen atoms in total. The molecule has 0 amide bonds. The van der Waals surface area contributed by atoms with Crippen molar-refractivity contribution >= 4 is 10.1 Å². The number of unbranched alkanes of at least 4 members (excludes halogenated alkanes) is 1. The predicted octanol–water partition coefficient (Wildman–Crippen LogP) is 5.28.